The lowest BCUT2D eigenvalue weighted by Crippen LogP contribution is -2.27. The Bertz CT molecular complexity index is 1100. The van der Waals surface area contributed by atoms with E-state index in [-0.39, 0.29) is 5.91 Å². The highest BCUT2D eigenvalue weighted by Crippen LogP contribution is 2.37. The fraction of sp³-hybridized carbons (Fsp3) is 0.182. The van der Waals surface area contributed by atoms with E-state index in [0.717, 1.165) is 27.9 Å². The van der Waals surface area contributed by atoms with Crippen LogP contribution in [0.4, 0.5) is 5.69 Å². The van der Waals surface area contributed by atoms with Crippen molar-refractivity contribution in [3.8, 4) is 5.75 Å². The summed E-state index contributed by atoms with van der Waals surface area (Å²) in [6, 6.07) is 15.9. The van der Waals surface area contributed by atoms with Crippen LogP contribution >= 0.6 is 24.0 Å². The molecule has 28 heavy (non-hydrogen) atoms. The molecule has 1 amide bonds. The van der Waals surface area contributed by atoms with Gasteiger partial charge in [0, 0.05) is 28.7 Å². The molecule has 0 bridgehead atoms. The van der Waals surface area contributed by atoms with Gasteiger partial charge in [0.05, 0.1) is 17.7 Å². The van der Waals surface area contributed by atoms with E-state index >= 15 is 0 Å². The number of fused-ring (bicyclic) bond motifs is 1. The maximum absolute atomic E-state index is 13.1. The van der Waals surface area contributed by atoms with Crippen LogP contribution in [0.15, 0.2) is 59.6 Å². The van der Waals surface area contributed by atoms with Gasteiger partial charge < -0.3 is 9.30 Å². The lowest BCUT2D eigenvalue weighted by molar-refractivity contribution is -0.113. The van der Waals surface area contributed by atoms with Crippen LogP contribution in [0, 0.1) is 0 Å². The van der Waals surface area contributed by atoms with E-state index in [1.54, 1.807) is 12.0 Å². The fourth-order valence-electron chi connectivity index (χ4n) is 3.34. The molecule has 1 aromatic heterocycles. The van der Waals surface area contributed by atoms with Gasteiger partial charge in [-0.3, -0.25) is 9.69 Å². The number of benzene rings is 2. The van der Waals surface area contributed by atoms with E-state index < -0.39 is 0 Å². The van der Waals surface area contributed by atoms with Gasteiger partial charge in [0.2, 0.25) is 0 Å². The summed E-state index contributed by atoms with van der Waals surface area (Å²) in [6.45, 7) is 4.30. The molecule has 0 saturated carbocycles. The molecule has 0 radical (unpaired) electrons. The molecule has 4 nitrogen and oxygen atoms in total. The molecule has 142 valence electrons. The summed E-state index contributed by atoms with van der Waals surface area (Å²) in [7, 11) is 1.62. The Labute approximate surface area is 173 Å². The lowest BCUT2D eigenvalue weighted by atomic mass is 10.1. The second-order valence-corrected chi connectivity index (χ2v) is 8.49. The summed E-state index contributed by atoms with van der Waals surface area (Å²) in [4.78, 5) is 15.3. The molecule has 1 saturated heterocycles. The number of para-hydroxylation sites is 1. The Morgan fingerprint density at radius 1 is 1.11 bits per heavy atom. The quantitative estimate of drug-likeness (QED) is 0.413. The molecule has 6 heteroatoms. The van der Waals surface area contributed by atoms with E-state index in [9.17, 15) is 4.79 Å². The monoisotopic (exact) mass is 408 g/mol. The van der Waals surface area contributed by atoms with E-state index in [1.165, 1.54) is 11.8 Å². The number of hydrogen-bond acceptors (Lipinski definition) is 4. The highest BCUT2D eigenvalue weighted by atomic mass is 32.2. The number of anilines is 1. The van der Waals surface area contributed by atoms with Crippen molar-refractivity contribution in [2.24, 2.45) is 0 Å². The van der Waals surface area contributed by atoms with Gasteiger partial charge in [-0.15, -0.1) is 0 Å². The Balaban J connectivity index is 1.72. The van der Waals surface area contributed by atoms with Crippen molar-refractivity contribution in [1.82, 2.24) is 4.57 Å². The molecule has 0 spiro atoms. The van der Waals surface area contributed by atoms with Gasteiger partial charge in [-0.1, -0.05) is 42.2 Å². The Hall–Kier alpha value is -2.57. The minimum absolute atomic E-state index is 0.0958. The van der Waals surface area contributed by atoms with Gasteiger partial charge in [-0.25, -0.2) is 0 Å². The Kier molecular flexibility index (Phi) is 5.00. The molecular formula is C22H20N2O2S2. The number of methoxy groups -OCH3 is 1. The molecule has 1 aliphatic rings. The molecule has 2 aromatic carbocycles. The van der Waals surface area contributed by atoms with Crippen molar-refractivity contribution in [3.05, 3.63) is 65.2 Å². The van der Waals surface area contributed by atoms with Crippen molar-refractivity contribution in [2.45, 2.75) is 19.9 Å². The number of thiocarbonyl (C=S) groups is 1. The minimum atomic E-state index is -0.0958. The van der Waals surface area contributed by atoms with Gasteiger partial charge in [0.1, 0.15) is 5.75 Å². The van der Waals surface area contributed by atoms with Crippen molar-refractivity contribution < 1.29 is 9.53 Å². The van der Waals surface area contributed by atoms with Crippen LogP contribution in [0.3, 0.4) is 0 Å². The molecule has 3 aromatic rings. The SMILES string of the molecule is COc1ccc(N2C(=O)/C(=C/c3cn(C(C)C)c4ccccc34)SC2=S)cc1. The molecule has 0 unspecified atom stereocenters. The standard InChI is InChI=1S/C22H20N2O2S2/c1-14(2)23-13-15(18-6-4-5-7-19(18)23)12-20-21(25)24(22(27)28-20)16-8-10-17(26-3)11-9-16/h4-14H,1-3H3/b20-12-. The third-order valence-corrected chi connectivity index (χ3v) is 6.04. The zero-order valence-corrected chi connectivity index (χ0v) is 17.5. The average molecular weight is 409 g/mol. The highest BCUT2D eigenvalue weighted by Gasteiger charge is 2.33. The number of rotatable bonds is 4. The van der Waals surface area contributed by atoms with Gasteiger partial charge in [0.25, 0.3) is 5.91 Å². The van der Waals surface area contributed by atoms with Gasteiger partial charge in [-0.2, -0.15) is 0 Å². The predicted octanol–water partition coefficient (Wildman–Crippen LogP) is 5.64. The van der Waals surface area contributed by atoms with Gasteiger partial charge in [0.15, 0.2) is 4.32 Å². The van der Waals surface area contributed by atoms with E-state index in [1.807, 2.05) is 42.5 Å². The first kappa shape index (κ1) is 18.8. The zero-order valence-electron chi connectivity index (χ0n) is 15.9. The topological polar surface area (TPSA) is 34.5 Å². The van der Waals surface area contributed by atoms with E-state index in [2.05, 4.69) is 36.7 Å². The summed E-state index contributed by atoms with van der Waals surface area (Å²) in [5, 5.41) is 1.13. The second kappa shape index (κ2) is 7.45. The van der Waals surface area contributed by atoms with E-state index in [0.29, 0.717) is 15.3 Å². The molecule has 0 atom stereocenters. The van der Waals surface area contributed by atoms with Crippen LogP contribution < -0.4 is 9.64 Å². The predicted molar refractivity (Wildman–Crippen MR) is 121 cm³/mol. The van der Waals surface area contributed by atoms with Gasteiger partial charge >= 0.3 is 0 Å². The summed E-state index contributed by atoms with van der Waals surface area (Å²) in [5.74, 6) is 0.646. The smallest absolute Gasteiger partial charge is 0.270 e. The molecule has 0 N–H and O–H groups in total. The Morgan fingerprint density at radius 2 is 1.82 bits per heavy atom. The maximum atomic E-state index is 13.1. The largest absolute Gasteiger partial charge is 0.497 e. The van der Waals surface area contributed by atoms with Crippen LogP contribution in [-0.4, -0.2) is 21.9 Å². The molecule has 0 aliphatic carbocycles. The third-order valence-electron chi connectivity index (χ3n) is 4.74. The number of ether oxygens (including phenoxy) is 1. The van der Waals surface area contributed by atoms with Crippen LogP contribution in [0.1, 0.15) is 25.5 Å². The molecule has 1 fully saturated rings. The van der Waals surface area contributed by atoms with E-state index in [4.69, 9.17) is 17.0 Å². The molecular weight excluding hydrogens is 388 g/mol. The summed E-state index contributed by atoms with van der Waals surface area (Å²) in [6.07, 6.45) is 4.05. The number of amides is 1. The van der Waals surface area contributed by atoms with Crippen molar-refractivity contribution >= 4 is 56.9 Å². The molecule has 1 aliphatic heterocycles. The number of nitrogens with zero attached hydrogens (tertiary/aromatic N) is 2. The lowest BCUT2D eigenvalue weighted by Gasteiger charge is -2.14. The number of carbonyl (C=O) groups is 1. The first-order valence-electron chi connectivity index (χ1n) is 9.01. The second-order valence-electron chi connectivity index (χ2n) is 6.82. The van der Waals surface area contributed by atoms with Crippen LogP contribution in [0.5, 0.6) is 5.75 Å². The first-order valence-corrected chi connectivity index (χ1v) is 10.2. The number of thioether (sulfide) groups is 1. The van der Waals surface area contributed by atoms with Crippen LogP contribution in [0.25, 0.3) is 17.0 Å². The van der Waals surface area contributed by atoms with Crippen molar-refractivity contribution in [3.63, 3.8) is 0 Å². The number of hydrogen-bond donors (Lipinski definition) is 0. The average Bonchev–Trinajstić information content (AvgIpc) is 3.20. The normalized spacial score (nSPS) is 16.0. The minimum Gasteiger partial charge on any atom is -0.497 e. The summed E-state index contributed by atoms with van der Waals surface area (Å²) in [5.41, 5.74) is 2.94. The fourth-order valence-corrected chi connectivity index (χ4v) is 4.63. The highest BCUT2D eigenvalue weighted by molar-refractivity contribution is 8.27. The molecule has 4 rings (SSSR count). The third kappa shape index (κ3) is 3.23. The number of aromatic nitrogens is 1. The molecule has 2 heterocycles. The van der Waals surface area contributed by atoms with Crippen LogP contribution in [0.2, 0.25) is 0 Å². The Morgan fingerprint density at radius 3 is 2.50 bits per heavy atom. The van der Waals surface area contributed by atoms with Crippen LogP contribution in [-0.2, 0) is 4.79 Å². The summed E-state index contributed by atoms with van der Waals surface area (Å²) >= 11 is 6.82. The maximum Gasteiger partial charge on any atom is 0.270 e. The first-order chi connectivity index (χ1) is 13.5. The van der Waals surface area contributed by atoms with Gasteiger partial charge in [-0.05, 0) is 50.3 Å². The van der Waals surface area contributed by atoms with Crippen molar-refractivity contribution in [1.29, 1.82) is 0 Å². The van der Waals surface area contributed by atoms with Crippen molar-refractivity contribution in [2.75, 3.05) is 12.0 Å². The summed E-state index contributed by atoms with van der Waals surface area (Å²) < 4.78 is 7.96. The number of carbonyl (C=O) groups excluding carboxylic acids is 1. The zero-order chi connectivity index (χ0) is 19.8.